The minimum absolute atomic E-state index is 0.0166. The number of piperazine rings is 1. The molecule has 0 spiro atoms. The first-order valence-electron chi connectivity index (χ1n) is 15.7. The van der Waals surface area contributed by atoms with Gasteiger partial charge in [0.15, 0.2) is 6.61 Å². The maximum absolute atomic E-state index is 13.5. The number of halogens is 3. The standard InChI is InChI=1S/C34H38F3N10OP/c1-39-18-21(17-38)24-15-26(29(48-20-34(35,36)37)16-28(24)47-13-11-46(2)12-14-47)43-33-44-31-23(9-10-40-31)32(45-33)42-27-19-41-25-8-6-5-7-22(25)30(27)49(3)4/h5-10,15-19,38-39H,11-14,20H2,1-4H3,(H3,40,42,43,44,45)/b21-18+,38-17?. The summed E-state index contributed by atoms with van der Waals surface area (Å²) in [6.07, 6.45) is 1.88. The average Bonchev–Trinajstić information content (AvgIpc) is 3.55. The molecule has 0 aliphatic carbocycles. The third kappa shape index (κ3) is 7.55. The molecule has 0 unspecified atom stereocenters. The average molecular weight is 691 g/mol. The summed E-state index contributed by atoms with van der Waals surface area (Å²) in [5.74, 6) is 0.607. The fraction of sp³-hybridized carbons (Fsp3) is 0.294. The number of hydrogen-bond donors (Lipinski definition) is 5. The van der Waals surface area contributed by atoms with E-state index >= 15 is 0 Å². The number of anilines is 5. The molecule has 1 fully saturated rings. The normalized spacial score (nSPS) is 14.4. The third-order valence-corrected chi connectivity index (χ3v) is 9.59. The molecule has 0 amide bonds. The molecule has 5 N–H and O–H groups in total. The molecule has 4 heterocycles. The van der Waals surface area contributed by atoms with Gasteiger partial charge in [0.2, 0.25) is 5.95 Å². The second-order valence-electron chi connectivity index (χ2n) is 11.9. The lowest BCUT2D eigenvalue weighted by atomic mass is 10.0. The van der Waals surface area contributed by atoms with E-state index in [1.54, 1.807) is 37.8 Å². The number of aromatic amines is 1. The van der Waals surface area contributed by atoms with Crippen molar-refractivity contribution in [2.24, 2.45) is 0 Å². The zero-order chi connectivity index (χ0) is 34.7. The molecule has 0 atom stereocenters. The van der Waals surface area contributed by atoms with Crippen LogP contribution in [0.25, 0.3) is 27.5 Å². The third-order valence-electron chi connectivity index (χ3n) is 8.21. The summed E-state index contributed by atoms with van der Waals surface area (Å²) >= 11 is 0. The maximum Gasteiger partial charge on any atom is 0.422 e. The number of fused-ring (bicyclic) bond motifs is 2. The van der Waals surface area contributed by atoms with Gasteiger partial charge in [-0.05, 0) is 38.6 Å². The summed E-state index contributed by atoms with van der Waals surface area (Å²) in [7, 11) is 3.20. The highest BCUT2D eigenvalue weighted by atomic mass is 31.1. The number of nitrogens with one attached hydrogen (secondary N) is 5. The molecule has 256 valence electrons. The van der Waals surface area contributed by atoms with Gasteiger partial charge in [-0.15, -0.1) is 0 Å². The summed E-state index contributed by atoms with van der Waals surface area (Å²) in [5.41, 5.74) is 4.29. The van der Waals surface area contributed by atoms with Crippen LogP contribution in [-0.4, -0.2) is 97.4 Å². The number of aromatic nitrogens is 4. The highest BCUT2D eigenvalue weighted by molar-refractivity contribution is 7.65. The van der Waals surface area contributed by atoms with Crippen molar-refractivity contribution in [3.05, 3.63) is 66.6 Å². The number of H-pyrrole nitrogens is 1. The predicted octanol–water partition coefficient (Wildman–Crippen LogP) is 6.26. The summed E-state index contributed by atoms with van der Waals surface area (Å²) in [4.78, 5) is 21.5. The Labute approximate surface area is 283 Å². The van der Waals surface area contributed by atoms with Crippen LogP contribution in [0, 0.1) is 5.41 Å². The zero-order valence-electron chi connectivity index (χ0n) is 27.6. The van der Waals surface area contributed by atoms with E-state index in [2.05, 4.69) is 60.1 Å². The summed E-state index contributed by atoms with van der Waals surface area (Å²) in [6, 6.07) is 13.1. The number of nitrogens with zero attached hydrogens (tertiary/aromatic N) is 5. The lowest BCUT2D eigenvalue weighted by Gasteiger charge is -2.35. The number of ether oxygens (including phenoxy) is 1. The van der Waals surface area contributed by atoms with Crippen LogP contribution in [0.2, 0.25) is 0 Å². The molecule has 1 aliphatic rings. The highest BCUT2D eigenvalue weighted by Gasteiger charge is 2.30. The van der Waals surface area contributed by atoms with Crippen LogP contribution in [-0.2, 0) is 0 Å². The van der Waals surface area contributed by atoms with Crippen molar-refractivity contribution in [2.75, 3.05) is 75.7 Å². The van der Waals surface area contributed by atoms with Gasteiger partial charge in [0, 0.05) is 85.4 Å². The van der Waals surface area contributed by atoms with Gasteiger partial charge < -0.3 is 40.9 Å². The van der Waals surface area contributed by atoms with Crippen LogP contribution in [0.5, 0.6) is 5.75 Å². The zero-order valence-corrected chi connectivity index (χ0v) is 28.5. The van der Waals surface area contributed by atoms with Gasteiger partial charge in [0.05, 0.1) is 28.5 Å². The van der Waals surface area contributed by atoms with Crippen LogP contribution in [0.4, 0.5) is 42.0 Å². The number of alkyl halides is 3. The predicted molar refractivity (Wildman–Crippen MR) is 194 cm³/mol. The Bertz CT molecular complexity index is 2000. The van der Waals surface area contributed by atoms with E-state index in [-0.39, 0.29) is 17.4 Å². The van der Waals surface area contributed by atoms with Crippen molar-refractivity contribution in [1.82, 2.24) is 30.2 Å². The van der Waals surface area contributed by atoms with Gasteiger partial charge in [0.25, 0.3) is 0 Å². The SMILES string of the molecule is CN/C=C(\C=N)c1cc(Nc2nc(Nc3cnc4ccccc4c3P(C)C)c3cc[nH]c3n2)c(OCC(F)(F)F)cc1N1CCN(C)CC1. The molecule has 49 heavy (non-hydrogen) atoms. The van der Waals surface area contributed by atoms with Crippen molar-refractivity contribution in [2.45, 2.75) is 6.18 Å². The second-order valence-corrected chi connectivity index (χ2v) is 14.1. The molecule has 2 aromatic carbocycles. The Balaban J connectivity index is 1.45. The molecule has 15 heteroatoms. The van der Waals surface area contributed by atoms with Crippen molar-refractivity contribution < 1.29 is 17.9 Å². The molecule has 1 saturated heterocycles. The Morgan fingerprint density at radius 2 is 1.82 bits per heavy atom. The molecule has 0 bridgehead atoms. The van der Waals surface area contributed by atoms with Gasteiger partial charge in [-0.3, -0.25) is 4.98 Å². The Kier molecular flexibility index (Phi) is 9.89. The fourth-order valence-corrected chi connectivity index (χ4v) is 7.15. The van der Waals surface area contributed by atoms with Crippen LogP contribution in [0.15, 0.2) is 61.1 Å². The number of allylic oxidation sites excluding steroid dienone is 1. The van der Waals surface area contributed by atoms with E-state index in [1.807, 2.05) is 31.3 Å². The summed E-state index contributed by atoms with van der Waals surface area (Å²) in [5, 5.41) is 20.7. The first-order chi connectivity index (χ1) is 23.5. The topological polar surface area (TPSA) is 130 Å². The van der Waals surface area contributed by atoms with E-state index in [0.717, 1.165) is 40.4 Å². The van der Waals surface area contributed by atoms with E-state index in [4.69, 9.17) is 15.1 Å². The first kappa shape index (κ1) is 33.9. The Hall–Kier alpha value is -4.94. The van der Waals surface area contributed by atoms with Gasteiger partial charge in [0.1, 0.15) is 17.2 Å². The molecule has 5 aromatic rings. The van der Waals surface area contributed by atoms with E-state index in [9.17, 15) is 13.2 Å². The minimum Gasteiger partial charge on any atom is -0.482 e. The number of hydrogen-bond acceptors (Lipinski definition) is 10. The molecular weight excluding hydrogens is 652 g/mol. The minimum atomic E-state index is -4.56. The fourth-order valence-electron chi connectivity index (χ4n) is 5.88. The first-order valence-corrected chi connectivity index (χ1v) is 17.9. The molecular formula is C34H38F3N10OP. The van der Waals surface area contributed by atoms with Crippen molar-refractivity contribution in [1.29, 1.82) is 5.41 Å². The Morgan fingerprint density at radius 3 is 2.53 bits per heavy atom. The van der Waals surface area contributed by atoms with E-state index in [0.29, 0.717) is 41.4 Å². The highest BCUT2D eigenvalue weighted by Crippen LogP contribution is 2.40. The molecule has 6 rings (SSSR count). The van der Waals surface area contributed by atoms with Gasteiger partial charge in [-0.1, -0.05) is 26.1 Å². The largest absolute Gasteiger partial charge is 0.482 e. The molecule has 3 aromatic heterocycles. The summed E-state index contributed by atoms with van der Waals surface area (Å²) in [6.45, 7) is 5.75. The molecule has 1 aliphatic heterocycles. The molecule has 0 saturated carbocycles. The Morgan fingerprint density at radius 1 is 1.04 bits per heavy atom. The smallest absolute Gasteiger partial charge is 0.422 e. The molecule has 11 nitrogen and oxygen atoms in total. The lowest BCUT2D eigenvalue weighted by molar-refractivity contribution is -0.153. The number of pyridine rings is 1. The monoisotopic (exact) mass is 690 g/mol. The summed E-state index contributed by atoms with van der Waals surface area (Å²) < 4.78 is 45.9. The van der Waals surface area contributed by atoms with Crippen molar-refractivity contribution in [3.63, 3.8) is 0 Å². The number of para-hydroxylation sites is 1. The number of benzene rings is 2. The van der Waals surface area contributed by atoms with Gasteiger partial charge >= 0.3 is 6.18 Å². The van der Waals surface area contributed by atoms with Crippen molar-refractivity contribution in [3.8, 4) is 5.75 Å². The maximum atomic E-state index is 13.5. The quantitative estimate of drug-likeness (QED) is 0.0806. The van der Waals surface area contributed by atoms with Gasteiger partial charge in [-0.25, -0.2) is 0 Å². The van der Waals surface area contributed by atoms with Crippen LogP contribution in [0.3, 0.4) is 0 Å². The number of rotatable bonds is 11. The molecule has 0 radical (unpaired) electrons. The van der Waals surface area contributed by atoms with Crippen LogP contribution in [0.1, 0.15) is 5.56 Å². The van der Waals surface area contributed by atoms with Crippen molar-refractivity contribution >= 4 is 75.8 Å². The number of likely N-dealkylation sites (N-methyl/N-ethyl adjacent to an activating group) is 1. The van der Waals surface area contributed by atoms with Gasteiger partial charge in [-0.2, -0.15) is 23.1 Å². The second kappa shape index (κ2) is 14.3. The van der Waals surface area contributed by atoms with Crippen LogP contribution < -0.4 is 30.9 Å². The van der Waals surface area contributed by atoms with E-state index < -0.39 is 20.7 Å². The lowest BCUT2D eigenvalue weighted by Crippen LogP contribution is -2.44. The van der Waals surface area contributed by atoms with E-state index in [1.165, 1.54) is 6.21 Å². The van der Waals surface area contributed by atoms with Crippen LogP contribution >= 0.6 is 7.92 Å².